The first kappa shape index (κ1) is 16.5. The van der Waals surface area contributed by atoms with Crippen LogP contribution in [0, 0.1) is 10.1 Å². The number of primary amides is 1. The van der Waals surface area contributed by atoms with E-state index in [-0.39, 0.29) is 17.3 Å². The molecule has 0 fully saturated rings. The molecule has 0 spiro atoms. The van der Waals surface area contributed by atoms with Gasteiger partial charge >= 0.3 is 0 Å². The highest BCUT2D eigenvalue weighted by molar-refractivity contribution is 8.00. The molecule has 118 valence electrons. The molecule has 7 nitrogen and oxygen atoms in total. The summed E-state index contributed by atoms with van der Waals surface area (Å²) in [5.74, 6) is -0.591. The lowest BCUT2D eigenvalue weighted by atomic mass is 10.2. The molecule has 2 amide bonds. The number of nitrogens with two attached hydrogens (primary N) is 1. The van der Waals surface area contributed by atoms with Crippen molar-refractivity contribution in [2.75, 3.05) is 11.1 Å². The molecule has 0 unspecified atom stereocenters. The quantitative estimate of drug-likeness (QED) is 0.479. The number of hydrogen-bond acceptors (Lipinski definition) is 5. The molecular formula is C15H13N3O4S. The maximum atomic E-state index is 11.8. The second-order valence-electron chi connectivity index (χ2n) is 4.53. The Morgan fingerprint density at radius 2 is 1.70 bits per heavy atom. The van der Waals surface area contributed by atoms with Crippen molar-refractivity contribution in [2.45, 2.75) is 4.90 Å². The molecule has 0 radical (unpaired) electrons. The summed E-state index contributed by atoms with van der Waals surface area (Å²) in [5.41, 5.74) is 6.07. The van der Waals surface area contributed by atoms with Crippen LogP contribution in [-0.4, -0.2) is 22.5 Å². The smallest absolute Gasteiger partial charge is 0.269 e. The summed E-state index contributed by atoms with van der Waals surface area (Å²) in [5, 5.41) is 13.2. The van der Waals surface area contributed by atoms with E-state index in [2.05, 4.69) is 5.32 Å². The Bertz CT molecular complexity index is 729. The molecule has 2 aromatic carbocycles. The van der Waals surface area contributed by atoms with Crippen LogP contribution in [0.4, 0.5) is 11.4 Å². The fraction of sp³-hybridized carbons (Fsp3) is 0.0667. The van der Waals surface area contributed by atoms with Gasteiger partial charge in [0.1, 0.15) is 0 Å². The van der Waals surface area contributed by atoms with Gasteiger partial charge in [-0.1, -0.05) is 0 Å². The van der Waals surface area contributed by atoms with Crippen molar-refractivity contribution in [3.8, 4) is 0 Å². The number of thioether (sulfide) groups is 1. The van der Waals surface area contributed by atoms with E-state index in [9.17, 15) is 19.7 Å². The second-order valence-corrected chi connectivity index (χ2v) is 5.58. The zero-order valence-electron chi connectivity index (χ0n) is 11.9. The number of nitro groups is 1. The minimum atomic E-state index is -0.531. The molecule has 0 bridgehead atoms. The number of carbonyl (C=O) groups is 2. The summed E-state index contributed by atoms with van der Waals surface area (Å²) < 4.78 is 0. The van der Waals surface area contributed by atoms with Crippen LogP contribution in [0.1, 0.15) is 10.4 Å². The van der Waals surface area contributed by atoms with Crippen molar-refractivity contribution in [3.05, 3.63) is 64.2 Å². The third-order valence-corrected chi connectivity index (χ3v) is 3.88. The van der Waals surface area contributed by atoms with Crippen molar-refractivity contribution in [2.24, 2.45) is 5.73 Å². The van der Waals surface area contributed by atoms with E-state index < -0.39 is 10.8 Å². The molecule has 0 aliphatic carbocycles. The van der Waals surface area contributed by atoms with Crippen LogP contribution in [0.2, 0.25) is 0 Å². The minimum absolute atomic E-state index is 0.00772. The fourth-order valence-corrected chi connectivity index (χ4v) is 2.43. The minimum Gasteiger partial charge on any atom is -0.366 e. The number of non-ortho nitro benzene ring substituents is 1. The Labute approximate surface area is 136 Å². The topological polar surface area (TPSA) is 115 Å². The van der Waals surface area contributed by atoms with Crippen LogP contribution in [0.25, 0.3) is 0 Å². The number of amides is 2. The molecule has 0 aliphatic rings. The van der Waals surface area contributed by atoms with Crippen LogP contribution >= 0.6 is 11.8 Å². The normalized spacial score (nSPS) is 10.1. The first-order valence-corrected chi connectivity index (χ1v) is 7.51. The summed E-state index contributed by atoms with van der Waals surface area (Å²) >= 11 is 1.27. The zero-order valence-corrected chi connectivity index (χ0v) is 12.7. The van der Waals surface area contributed by atoms with E-state index >= 15 is 0 Å². The number of nitrogens with one attached hydrogen (secondary N) is 1. The Morgan fingerprint density at radius 3 is 2.22 bits per heavy atom. The monoisotopic (exact) mass is 331 g/mol. The van der Waals surface area contributed by atoms with Crippen molar-refractivity contribution in [1.29, 1.82) is 0 Å². The maximum absolute atomic E-state index is 11.8. The zero-order chi connectivity index (χ0) is 16.8. The Kier molecular flexibility index (Phi) is 5.32. The SMILES string of the molecule is NC(=O)c1ccc(NC(=O)CSc2ccc([N+](=O)[O-])cc2)cc1. The molecule has 0 heterocycles. The lowest BCUT2D eigenvalue weighted by Crippen LogP contribution is -2.14. The lowest BCUT2D eigenvalue weighted by Gasteiger charge is -2.05. The summed E-state index contributed by atoms with van der Waals surface area (Å²) in [4.78, 5) is 33.6. The fourth-order valence-electron chi connectivity index (χ4n) is 1.73. The van der Waals surface area contributed by atoms with Gasteiger partial charge in [0.15, 0.2) is 0 Å². The average Bonchev–Trinajstić information content (AvgIpc) is 2.54. The van der Waals surface area contributed by atoms with Crippen molar-refractivity contribution in [3.63, 3.8) is 0 Å². The van der Waals surface area contributed by atoms with E-state index in [1.165, 1.54) is 36.0 Å². The molecule has 8 heteroatoms. The number of carbonyl (C=O) groups excluding carboxylic acids is 2. The number of nitrogens with zero attached hydrogens (tertiary/aromatic N) is 1. The van der Waals surface area contributed by atoms with Crippen LogP contribution < -0.4 is 11.1 Å². The molecule has 23 heavy (non-hydrogen) atoms. The number of benzene rings is 2. The molecule has 3 N–H and O–H groups in total. The number of nitro benzene ring substituents is 1. The van der Waals surface area contributed by atoms with Gasteiger partial charge in [0, 0.05) is 28.3 Å². The van der Waals surface area contributed by atoms with E-state index in [0.717, 1.165) is 4.90 Å². The van der Waals surface area contributed by atoms with E-state index in [0.29, 0.717) is 11.3 Å². The highest BCUT2D eigenvalue weighted by Gasteiger charge is 2.07. The predicted octanol–water partition coefficient (Wildman–Crippen LogP) is 2.42. The molecule has 2 aromatic rings. The Hall–Kier alpha value is -2.87. The molecule has 0 saturated heterocycles. The predicted molar refractivity (Wildman–Crippen MR) is 87.4 cm³/mol. The van der Waals surface area contributed by atoms with Crippen LogP contribution in [0.5, 0.6) is 0 Å². The van der Waals surface area contributed by atoms with Crippen molar-refractivity contribution >= 4 is 35.0 Å². The summed E-state index contributed by atoms with van der Waals surface area (Å²) in [6.45, 7) is 0. The van der Waals surface area contributed by atoms with E-state index in [1.807, 2.05) is 0 Å². The number of hydrogen-bond donors (Lipinski definition) is 2. The number of rotatable bonds is 6. The molecule has 0 aliphatic heterocycles. The average molecular weight is 331 g/mol. The maximum Gasteiger partial charge on any atom is 0.269 e. The van der Waals surface area contributed by atoms with Gasteiger partial charge in [0.05, 0.1) is 10.7 Å². The van der Waals surface area contributed by atoms with E-state index in [1.54, 1.807) is 24.3 Å². The molecular weight excluding hydrogens is 318 g/mol. The van der Waals surface area contributed by atoms with Gasteiger partial charge < -0.3 is 11.1 Å². The molecule has 0 atom stereocenters. The van der Waals surface area contributed by atoms with Crippen LogP contribution in [-0.2, 0) is 4.79 Å². The van der Waals surface area contributed by atoms with Gasteiger partial charge in [0.25, 0.3) is 5.69 Å². The number of anilines is 1. The van der Waals surface area contributed by atoms with Crippen LogP contribution in [0.3, 0.4) is 0 Å². The van der Waals surface area contributed by atoms with Gasteiger partial charge in [-0.15, -0.1) is 11.8 Å². The lowest BCUT2D eigenvalue weighted by molar-refractivity contribution is -0.384. The largest absolute Gasteiger partial charge is 0.366 e. The van der Waals surface area contributed by atoms with Gasteiger partial charge in [-0.3, -0.25) is 19.7 Å². The first-order chi connectivity index (χ1) is 11.0. The molecule has 0 saturated carbocycles. The Balaban J connectivity index is 1.87. The summed E-state index contributed by atoms with van der Waals surface area (Å²) in [6, 6.07) is 12.2. The van der Waals surface area contributed by atoms with Gasteiger partial charge in [-0.2, -0.15) is 0 Å². The third kappa shape index (κ3) is 4.82. The third-order valence-electron chi connectivity index (χ3n) is 2.87. The Morgan fingerprint density at radius 1 is 1.09 bits per heavy atom. The highest BCUT2D eigenvalue weighted by Crippen LogP contribution is 2.21. The standard InChI is InChI=1S/C15H13N3O4S/c16-15(20)10-1-3-11(4-2-10)17-14(19)9-23-13-7-5-12(6-8-13)18(21)22/h1-8H,9H2,(H2,16,20)(H,17,19). The van der Waals surface area contributed by atoms with E-state index in [4.69, 9.17) is 5.73 Å². The first-order valence-electron chi connectivity index (χ1n) is 6.52. The summed E-state index contributed by atoms with van der Waals surface area (Å²) in [6.07, 6.45) is 0. The summed E-state index contributed by atoms with van der Waals surface area (Å²) in [7, 11) is 0. The molecule has 2 rings (SSSR count). The second kappa shape index (κ2) is 7.41. The van der Waals surface area contributed by atoms with Crippen molar-refractivity contribution in [1.82, 2.24) is 0 Å². The highest BCUT2D eigenvalue weighted by atomic mass is 32.2. The van der Waals surface area contributed by atoms with Gasteiger partial charge in [-0.05, 0) is 36.4 Å². The van der Waals surface area contributed by atoms with Gasteiger partial charge in [-0.25, -0.2) is 0 Å². The molecule has 0 aromatic heterocycles. The van der Waals surface area contributed by atoms with Gasteiger partial charge in [0.2, 0.25) is 11.8 Å². The van der Waals surface area contributed by atoms with Crippen molar-refractivity contribution < 1.29 is 14.5 Å². The van der Waals surface area contributed by atoms with Crippen LogP contribution in [0.15, 0.2) is 53.4 Å².